The average molecular weight is 405 g/mol. The van der Waals surface area contributed by atoms with Crippen LogP contribution in [0.15, 0.2) is 47.5 Å². The van der Waals surface area contributed by atoms with E-state index in [1.807, 2.05) is 0 Å². The summed E-state index contributed by atoms with van der Waals surface area (Å²) in [5.41, 5.74) is -0.0962. The van der Waals surface area contributed by atoms with Crippen LogP contribution >= 0.6 is 0 Å². The van der Waals surface area contributed by atoms with Crippen LogP contribution < -0.4 is 0 Å². The minimum atomic E-state index is -4.50. The Labute approximate surface area is 161 Å². The molecule has 4 rings (SSSR count). The van der Waals surface area contributed by atoms with E-state index in [0.717, 1.165) is 41.1 Å². The van der Waals surface area contributed by atoms with Crippen LogP contribution in [-0.2, 0) is 12.6 Å². The highest BCUT2D eigenvalue weighted by molar-refractivity contribution is 6.48. The molecule has 9 heteroatoms. The van der Waals surface area contributed by atoms with Gasteiger partial charge in [0.15, 0.2) is 5.82 Å². The van der Waals surface area contributed by atoms with E-state index < -0.39 is 29.3 Å². The summed E-state index contributed by atoms with van der Waals surface area (Å²) in [5, 5.41) is 4.17. The lowest BCUT2D eigenvalue weighted by molar-refractivity contribution is -0.137. The van der Waals surface area contributed by atoms with Gasteiger partial charge in [-0.05, 0) is 30.7 Å². The third-order valence-corrected chi connectivity index (χ3v) is 4.57. The third-order valence-electron chi connectivity index (χ3n) is 4.57. The van der Waals surface area contributed by atoms with Crippen LogP contribution in [0.5, 0.6) is 0 Å². The average Bonchev–Trinajstić information content (AvgIpc) is 3.18. The van der Waals surface area contributed by atoms with E-state index in [1.165, 1.54) is 6.07 Å². The second-order valence-electron chi connectivity index (χ2n) is 6.38. The predicted octanol–water partition coefficient (Wildman–Crippen LogP) is 5.18. The molecule has 1 aliphatic rings. The van der Waals surface area contributed by atoms with Gasteiger partial charge in [0.2, 0.25) is 0 Å². The van der Waals surface area contributed by atoms with E-state index in [2.05, 4.69) is 10.1 Å². The fraction of sp³-hybridized carbons (Fsp3) is 0.150. The van der Waals surface area contributed by atoms with Crippen molar-refractivity contribution in [2.24, 2.45) is 4.99 Å². The number of aryl methyl sites for hydroxylation is 1. The van der Waals surface area contributed by atoms with Crippen LogP contribution in [0.1, 0.15) is 28.5 Å². The van der Waals surface area contributed by atoms with Crippen molar-refractivity contribution >= 4 is 17.4 Å². The molecule has 0 unspecified atom stereocenters. The monoisotopic (exact) mass is 405 g/mol. The molecular weight excluding hydrogens is 393 g/mol. The number of carbonyl (C=O) groups is 1. The smallest absolute Gasteiger partial charge is 0.265 e. The van der Waals surface area contributed by atoms with Gasteiger partial charge in [0, 0.05) is 17.2 Å². The highest BCUT2D eigenvalue weighted by atomic mass is 19.4. The van der Waals surface area contributed by atoms with Crippen LogP contribution in [0.25, 0.3) is 11.1 Å². The van der Waals surface area contributed by atoms with Crippen LogP contribution in [-0.4, -0.2) is 21.4 Å². The summed E-state index contributed by atoms with van der Waals surface area (Å²) in [6.45, 7) is 1.76. The highest BCUT2D eigenvalue weighted by Gasteiger charge is 2.34. The summed E-state index contributed by atoms with van der Waals surface area (Å²) in [7, 11) is 0. The lowest BCUT2D eigenvalue weighted by Gasteiger charge is -2.07. The zero-order chi connectivity index (χ0) is 20.9. The Morgan fingerprint density at radius 2 is 1.72 bits per heavy atom. The van der Waals surface area contributed by atoms with Gasteiger partial charge in [0.25, 0.3) is 5.91 Å². The van der Waals surface area contributed by atoms with Gasteiger partial charge in [0.1, 0.15) is 17.3 Å². The molecule has 2 heterocycles. The number of rotatable bonds is 3. The molecule has 0 saturated carbocycles. The number of benzene rings is 2. The predicted molar refractivity (Wildman–Crippen MR) is 95.2 cm³/mol. The molecule has 1 aliphatic heterocycles. The molecule has 0 amide bonds. The fourth-order valence-corrected chi connectivity index (χ4v) is 3.17. The summed E-state index contributed by atoms with van der Waals surface area (Å²) in [6, 6.07) is 7.03. The summed E-state index contributed by atoms with van der Waals surface area (Å²) in [4.78, 5) is 17.0. The second-order valence-corrected chi connectivity index (χ2v) is 6.38. The molecule has 2 aromatic carbocycles. The number of fused-ring (bicyclic) bond motifs is 1. The molecule has 1 aromatic heterocycles. The molecule has 0 fully saturated rings. The zero-order valence-electron chi connectivity index (χ0n) is 14.9. The lowest BCUT2D eigenvalue weighted by atomic mass is 10.0. The molecule has 3 aromatic rings. The molecule has 0 bridgehead atoms. The van der Waals surface area contributed by atoms with Gasteiger partial charge in [0.05, 0.1) is 16.8 Å². The number of carbonyl (C=O) groups excluding carboxylic acids is 1. The molecule has 0 saturated heterocycles. The Bertz CT molecular complexity index is 1160. The van der Waals surface area contributed by atoms with Gasteiger partial charge in [-0.15, -0.1) is 0 Å². The van der Waals surface area contributed by atoms with E-state index in [9.17, 15) is 26.7 Å². The van der Waals surface area contributed by atoms with Gasteiger partial charge in [-0.2, -0.15) is 23.0 Å². The molecule has 4 nitrogen and oxygen atoms in total. The van der Waals surface area contributed by atoms with Crippen LogP contribution in [0.4, 0.5) is 27.8 Å². The maximum absolute atomic E-state index is 14.4. The number of halogens is 5. The van der Waals surface area contributed by atoms with E-state index in [4.69, 9.17) is 0 Å². The minimum Gasteiger partial charge on any atom is -0.265 e. The summed E-state index contributed by atoms with van der Waals surface area (Å²) < 4.78 is 66.9. The molecule has 29 heavy (non-hydrogen) atoms. The summed E-state index contributed by atoms with van der Waals surface area (Å²) >= 11 is 0. The van der Waals surface area contributed by atoms with E-state index in [1.54, 1.807) is 6.92 Å². The maximum Gasteiger partial charge on any atom is 0.416 e. The van der Waals surface area contributed by atoms with Gasteiger partial charge >= 0.3 is 6.18 Å². The first kappa shape index (κ1) is 19.0. The fourth-order valence-electron chi connectivity index (χ4n) is 3.17. The van der Waals surface area contributed by atoms with Gasteiger partial charge < -0.3 is 0 Å². The van der Waals surface area contributed by atoms with Crippen molar-refractivity contribution in [1.29, 1.82) is 0 Å². The Morgan fingerprint density at radius 3 is 2.31 bits per heavy atom. The third kappa shape index (κ3) is 3.12. The van der Waals surface area contributed by atoms with Crippen molar-refractivity contribution < 1.29 is 26.7 Å². The number of alkyl halides is 3. The first-order valence-electron chi connectivity index (χ1n) is 8.59. The molecule has 148 valence electrons. The topological polar surface area (TPSA) is 47.2 Å². The zero-order valence-corrected chi connectivity index (χ0v) is 14.9. The molecule has 0 radical (unpaired) electrons. The van der Waals surface area contributed by atoms with Crippen LogP contribution in [0.2, 0.25) is 0 Å². The maximum atomic E-state index is 14.4. The normalized spacial score (nSPS) is 13.6. The first-order chi connectivity index (χ1) is 13.7. The minimum absolute atomic E-state index is 0.0368. The molecule has 0 N–H and O–H groups in total. The molecule has 0 spiro atoms. The number of hydrogen-bond acceptors (Lipinski definition) is 3. The van der Waals surface area contributed by atoms with Gasteiger partial charge in [-0.3, -0.25) is 4.79 Å². The standard InChI is InChI=1S/C20H12F5N3O/c1-2-15-16(13-8-7-12(21)9-14(13)22)18-26-17(19(29)28(18)27-15)10-3-5-11(6-4-10)20(23,24)25/h3-9H,2H2,1H3. The van der Waals surface area contributed by atoms with E-state index >= 15 is 0 Å². The molecule has 0 aliphatic carbocycles. The number of aliphatic imine (C=N–C) groups is 1. The van der Waals surface area contributed by atoms with Crippen LogP contribution in [0, 0.1) is 11.6 Å². The van der Waals surface area contributed by atoms with Crippen molar-refractivity contribution in [3.63, 3.8) is 0 Å². The van der Waals surface area contributed by atoms with Gasteiger partial charge in [-0.1, -0.05) is 19.1 Å². The SMILES string of the molecule is CCc1nn2c(c1-c1ccc(F)cc1F)N=C(c1ccc(C(F)(F)F)cc1)C2=O. The Hall–Kier alpha value is -3.36. The summed E-state index contributed by atoms with van der Waals surface area (Å²) in [6.07, 6.45) is -4.14. The van der Waals surface area contributed by atoms with Crippen molar-refractivity contribution in [2.75, 3.05) is 0 Å². The quantitative estimate of drug-likeness (QED) is 0.564. The summed E-state index contributed by atoms with van der Waals surface area (Å²) in [5.74, 6) is -2.16. The van der Waals surface area contributed by atoms with Crippen molar-refractivity contribution in [2.45, 2.75) is 19.5 Å². The largest absolute Gasteiger partial charge is 0.416 e. The molecular formula is C20H12F5N3O. The number of nitrogens with zero attached hydrogens (tertiary/aromatic N) is 3. The number of aromatic nitrogens is 2. The number of hydrogen-bond donors (Lipinski definition) is 0. The second kappa shape index (κ2) is 6.61. The van der Waals surface area contributed by atoms with Crippen LogP contribution in [0.3, 0.4) is 0 Å². The Kier molecular flexibility index (Phi) is 4.33. The van der Waals surface area contributed by atoms with Crippen molar-refractivity contribution in [3.8, 4) is 11.1 Å². The highest BCUT2D eigenvalue weighted by Crippen LogP contribution is 2.39. The molecule has 0 atom stereocenters. The first-order valence-corrected chi connectivity index (χ1v) is 8.59. The van der Waals surface area contributed by atoms with E-state index in [0.29, 0.717) is 12.1 Å². The van der Waals surface area contributed by atoms with Crippen molar-refractivity contribution in [1.82, 2.24) is 9.78 Å². The Balaban J connectivity index is 1.83. The van der Waals surface area contributed by atoms with E-state index in [-0.39, 0.29) is 28.2 Å². The van der Waals surface area contributed by atoms with Crippen molar-refractivity contribution in [3.05, 3.63) is 70.9 Å². The lowest BCUT2D eigenvalue weighted by Crippen LogP contribution is -2.19. The Morgan fingerprint density at radius 1 is 1.03 bits per heavy atom. The van der Waals surface area contributed by atoms with Gasteiger partial charge in [-0.25, -0.2) is 13.8 Å².